The summed E-state index contributed by atoms with van der Waals surface area (Å²) in [5.41, 5.74) is 0.439. The van der Waals surface area contributed by atoms with Crippen molar-refractivity contribution in [2.75, 3.05) is 18.8 Å². The summed E-state index contributed by atoms with van der Waals surface area (Å²) in [4.78, 5) is 25.4. The Bertz CT molecular complexity index is 703. The van der Waals surface area contributed by atoms with E-state index in [1.165, 1.54) is 6.07 Å². The zero-order chi connectivity index (χ0) is 16.3. The fraction of sp³-hybridized carbons (Fsp3) is 0.429. The minimum Gasteiger partial charge on any atom is -0.273 e. The standard InChI is InChI=1S/C14H17ClN2O4S/c1-2-3-9-22(20,21)16-7-8-17-13(18)10-5-4-6-11(15)12(10)14(17)19/h4-6,16H,2-3,7-9H2,1H3. The molecule has 1 N–H and O–H groups in total. The van der Waals surface area contributed by atoms with E-state index < -0.39 is 21.8 Å². The van der Waals surface area contributed by atoms with Crippen molar-refractivity contribution in [2.24, 2.45) is 0 Å². The lowest BCUT2D eigenvalue weighted by Gasteiger charge is -2.14. The first-order valence-corrected chi connectivity index (χ1v) is 9.02. The molecule has 8 heteroatoms. The Morgan fingerprint density at radius 2 is 1.95 bits per heavy atom. The molecule has 0 bridgehead atoms. The molecule has 6 nitrogen and oxygen atoms in total. The first kappa shape index (κ1) is 16.9. The number of sulfonamides is 1. The predicted molar refractivity (Wildman–Crippen MR) is 83.5 cm³/mol. The maximum Gasteiger partial charge on any atom is 0.263 e. The van der Waals surface area contributed by atoms with Gasteiger partial charge in [-0.25, -0.2) is 13.1 Å². The van der Waals surface area contributed by atoms with Gasteiger partial charge in [-0.05, 0) is 18.6 Å². The molecular formula is C14H17ClN2O4S. The Morgan fingerprint density at radius 3 is 2.59 bits per heavy atom. The van der Waals surface area contributed by atoms with Crippen LogP contribution >= 0.6 is 11.6 Å². The van der Waals surface area contributed by atoms with Gasteiger partial charge in [0.05, 0.1) is 21.9 Å². The highest BCUT2D eigenvalue weighted by molar-refractivity contribution is 7.89. The average molecular weight is 345 g/mol. The zero-order valence-corrected chi connectivity index (χ0v) is 13.7. The number of hydrogen-bond donors (Lipinski definition) is 1. The van der Waals surface area contributed by atoms with E-state index >= 15 is 0 Å². The van der Waals surface area contributed by atoms with Crippen LogP contribution in [0.1, 0.15) is 40.5 Å². The molecule has 0 radical (unpaired) electrons. The second kappa shape index (κ2) is 6.76. The molecule has 0 aromatic heterocycles. The summed E-state index contributed by atoms with van der Waals surface area (Å²) in [6.45, 7) is 1.88. The van der Waals surface area contributed by atoms with E-state index in [4.69, 9.17) is 11.6 Å². The van der Waals surface area contributed by atoms with Crippen LogP contribution in [-0.2, 0) is 10.0 Å². The van der Waals surface area contributed by atoms with E-state index in [1.54, 1.807) is 12.1 Å². The van der Waals surface area contributed by atoms with Gasteiger partial charge in [-0.2, -0.15) is 0 Å². The number of fused-ring (bicyclic) bond motifs is 1. The molecule has 22 heavy (non-hydrogen) atoms. The Balaban J connectivity index is 2.00. The minimum atomic E-state index is -3.37. The van der Waals surface area contributed by atoms with Crippen LogP contribution in [0.5, 0.6) is 0 Å². The van der Waals surface area contributed by atoms with E-state index in [-0.39, 0.29) is 35.0 Å². The quantitative estimate of drug-likeness (QED) is 0.762. The van der Waals surface area contributed by atoms with Crippen LogP contribution in [0.25, 0.3) is 0 Å². The van der Waals surface area contributed by atoms with Gasteiger partial charge in [-0.1, -0.05) is 31.0 Å². The molecule has 0 atom stereocenters. The van der Waals surface area contributed by atoms with Crippen molar-refractivity contribution < 1.29 is 18.0 Å². The molecule has 0 saturated heterocycles. The summed E-state index contributed by atoms with van der Waals surface area (Å²) in [5, 5.41) is 0.224. The maximum atomic E-state index is 12.2. The molecule has 0 aliphatic carbocycles. The first-order valence-electron chi connectivity index (χ1n) is 6.99. The van der Waals surface area contributed by atoms with Gasteiger partial charge in [-0.3, -0.25) is 14.5 Å². The summed E-state index contributed by atoms with van der Waals surface area (Å²) in [5.74, 6) is -0.897. The Morgan fingerprint density at radius 1 is 1.23 bits per heavy atom. The third-order valence-electron chi connectivity index (χ3n) is 3.37. The highest BCUT2D eigenvalue weighted by Gasteiger charge is 2.36. The number of imide groups is 1. The SMILES string of the molecule is CCCCS(=O)(=O)NCCN1C(=O)c2cccc(Cl)c2C1=O. The number of nitrogens with one attached hydrogen (secondary N) is 1. The Labute approximate surface area is 134 Å². The molecule has 2 amide bonds. The van der Waals surface area contributed by atoms with Crippen LogP contribution in [0.3, 0.4) is 0 Å². The molecular weight excluding hydrogens is 328 g/mol. The van der Waals surface area contributed by atoms with E-state index in [1.807, 2.05) is 6.92 Å². The van der Waals surface area contributed by atoms with E-state index in [9.17, 15) is 18.0 Å². The molecule has 0 saturated carbocycles. The van der Waals surface area contributed by atoms with Crippen LogP contribution in [0.15, 0.2) is 18.2 Å². The van der Waals surface area contributed by atoms with Gasteiger partial charge < -0.3 is 0 Å². The van der Waals surface area contributed by atoms with Crippen LogP contribution in [0.4, 0.5) is 0 Å². The van der Waals surface area contributed by atoms with Crippen molar-refractivity contribution in [3.05, 3.63) is 34.3 Å². The number of halogens is 1. The number of amides is 2. The lowest BCUT2D eigenvalue weighted by atomic mass is 10.1. The highest BCUT2D eigenvalue weighted by atomic mass is 35.5. The lowest BCUT2D eigenvalue weighted by molar-refractivity contribution is 0.0657. The third-order valence-corrected chi connectivity index (χ3v) is 5.16. The van der Waals surface area contributed by atoms with Crippen molar-refractivity contribution in [1.82, 2.24) is 9.62 Å². The van der Waals surface area contributed by atoms with Crippen LogP contribution in [-0.4, -0.2) is 44.0 Å². The molecule has 2 rings (SSSR count). The topological polar surface area (TPSA) is 83.6 Å². The predicted octanol–water partition coefficient (Wildman–Crippen LogP) is 1.66. The van der Waals surface area contributed by atoms with E-state index in [0.717, 1.165) is 11.3 Å². The molecule has 1 aliphatic heterocycles. The summed E-state index contributed by atoms with van der Waals surface area (Å²) in [6.07, 6.45) is 1.34. The van der Waals surface area contributed by atoms with Crippen molar-refractivity contribution >= 4 is 33.4 Å². The second-order valence-corrected chi connectivity index (χ2v) is 7.32. The summed E-state index contributed by atoms with van der Waals surface area (Å²) >= 11 is 5.95. The summed E-state index contributed by atoms with van der Waals surface area (Å²) < 4.78 is 25.8. The minimum absolute atomic E-state index is 0.00483. The Kier molecular flexibility index (Phi) is 5.20. The highest BCUT2D eigenvalue weighted by Crippen LogP contribution is 2.28. The van der Waals surface area contributed by atoms with E-state index in [2.05, 4.69) is 4.72 Å². The average Bonchev–Trinajstić information content (AvgIpc) is 2.71. The van der Waals surface area contributed by atoms with Gasteiger partial charge >= 0.3 is 0 Å². The van der Waals surface area contributed by atoms with Gasteiger partial charge in [-0.15, -0.1) is 0 Å². The molecule has 1 aliphatic rings. The fourth-order valence-electron chi connectivity index (χ4n) is 2.21. The van der Waals surface area contributed by atoms with Crippen LogP contribution in [0.2, 0.25) is 5.02 Å². The maximum absolute atomic E-state index is 12.2. The summed E-state index contributed by atoms with van der Waals surface area (Å²) in [7, 11) is -3.37. The molecule has 1 heterocycles. The lowest BCUT2D eigenvalue weighted by Crippen LogP contribution is -2.38. The molecule has 120 valence electrons. The fourth-order valence-corrected chi connectivity index (χ4v) is 3.69. The number of hydrogen-bond acceptors (Lipinski definition) is 4. The van der Waals surface area contributed by atoms with Gasteiger partial charge in [0, 0.05) is 13.1 Å². The van der Waals surface area contributed by atoms with Crippen molar-refractivity contribution in [2.45, 2.75) is 19.8 Å². The summed E-state index contributed by atoms with van der Waals surface area (Å²) in [6, 6.07) is 4.68. The first-order chi connectivity index (χ1) is 10.4. The number of carbonyl (C=O) groups is 2. The number of unbranched alkanes of at least 4 members (excludes halogenated alkanes) is 1. The van der Waals surface area contributed by atoms with Gasteiger partial charge in [0.1, 0.15) is 0 Å². The van der Waals surface area contributed by atoms with Crippen molar-refractivity contribution in [1.29, 1.82) is 0 Å². The molecule has 0 fully saturated rings. The van der Waals surface area contributed by atoms with Gasteiger partial charge in [0.25, 0.3) is 11.8 Å². The van der Waals surface area contributed by atoms with Gasteiger partial charge in [0.15, 0.2) is 0 Å². The van der Waals surface area contributed by atoms with Gasteiger partial charge in [0.2, 0.25) is 10.0 Å². The normalized spacial score (nSPS) is 14.5. The smallest absolute Gasteiger partial charge is 0.263 e. The third kappa shape index (κ3) is 3.48. The molecule has 0 unspecified atom stereocenters. The molecule has 1 aromatic rings. The van der Waals surface area contributed by atoms with Crippen LogP contribution in [0, 0.1) is 0 Å². The van der Waals surface area contributed by atoms with Crippen molar-refractivity contribution in [3.63, 3.8) is 0 Å². The number of nitrogens with zero attached hydrogens (tertiary/aromatic N) is 1. The number of carbonyl (C=O) groups excluding carboxylic acids is 2. The van der Waals surface area contributed by atoms with Crippen LogP contribution < -0.4 is 4.72 Å². The largest absolute Gasteiger partial charge is 0.273 e. The second-order valence-electron chi connectivity index (χ2n) is 4.99. The van der Waals surface area contributed by atoms with Crippen molar-refractivity contribution in [3.8, 4) is 0 Å². The molecule has 0 spiro atoms. The van der Waals surface area contributed by atoms with E-state index in [0.29, 0.717) is 6.42 Å². The monoisotopic (exact) mass is 344 g/mol. The number of benzene rings is 1. The molecule has 1 aromatic carbocycles. The number of rotatable bonds is 7. The zero-order valence-electron chi connectivity index (χ0n) is 12.1. The Hall–Kier alpha value is -1.44.